The molecule has 0 atom stereocenters. The number of anilines is 1. The van der Waals surface area contributed by atoms with Crippen molar-refractivity contribution in [2.24, 2.45) is 10.9 Å². The summed E-state index contributed by atoms with van der Waals surface area (Å²) in [5.74, 6) is -0.809. The van der Waals surface area contributed by atoms with Crippen molar-refractivity contribution in [2.75, 3.05) is 24.5 Å². The van der Waals surface area contributed by atoms with Crippen LogP contribution in [0.3, 0.4) is 0 Å². The average Bonchev–Trinajstić information content (AvgIpc) is 2.88. The van der Waals surface area contributed by atoms with Gasteiger partial charge in [-0.3, -0.25) is 19.6 Å². The summed E-state index contributed by atoms with van der Waals surface area (Å²) in [7, 11) is -4.00. The van der Waals surface area contributed by atoms with Crippen LogP contribution in [-0.2, 0) is 30.9 Å². The van der Waals surface area contributed by atoms with E-state index < -0.39 is 27.6 Å². The number of pyridine rings is 1. The summed E-state index contributed by atoms with van der Waals surface area (Å²) in [6, 6.07) is 9.16. The Morgan fingerprint density at radius 1 is 1.08 bits per heavy atom. The van der Waals surface area contributed by atoms with E-state index in [1.165, 1.54) is 24.3 Å². The fraction of sp³-hybridized carbons (Fsp3) is 0.440. The lowest BCUT2D eigenvalue weighted by Gasteiger charge is -2.13. The lowest BCUT2D eigenvalue weighted by molar-refractivity contribution is -0.122. The van der Waals surface area contributed by atoms with Crippen LogP contribution in [0.15, 0.2) is 51.2 Å². The number of aromatic nitrogens is 1. The lowest BCUT2D eigenvalue weighted by atomic mass is 10.2. The molecule has 0 fully saturated rings. The van der Waals surface area contributed by atoms with Crippen molar-refractivity contribution in [1.82, 2.24) is 15.2 Å². The maximum absolute atomic E-state index is 12.9. The minimum atomic E-state index is -4.00. The number of unbranched alkanes of at least 4 members (excludes halogenated alkanes) is 3. The summed E-state index contributed by atoms with van der Waals surface area (Å²) < 4.78 is 33.8. The van der Waals surface area contributed by atoms with Crippen molar-refractivity contribution in [3.63, 3.8) is 0 Å². The molecule has 0 saturated carbocycles. The van der Waals surface area contributed by atoms with E-state index in [0.29, 0.717) is 5.69 Å². The molecule has 1 aromatic carbocycles. The van der Waals surface area contributed by atoms with Crippen LogP contribution in [0.25, 0.3) is 0 Å². The third-order valence-electron chi connectivity index (χ3n) is 5.38. The van der Waals surface area contributed by atoms with Gasteiger partial charge in [0, 0.05) is 5.69 Å². The smallest absolute Gasteiger partial charge is 0.414 e. The van der Waals surface area contributed by atoms with Crippen molar-refractivity contribution in [3.8, 4) is 0 Å². The minimum absolute atomic E-state index is 0.0181. The van der Waals surface area contributed by atoms with Gasteiger partial charge in [-0.05, 0) is 55.3 Å². The summed E-state index contributed by atoms with van der Waals surface area (Å²) in [5.41, 5.74) is 5.91. The first kappa shape index (κ1) is 31.1. The number of alkyl carbamates (subject to hydrolysis) is 1. The van der Waals surface area contributed by atoms with Crippen LogP contribution in [0.2, 0.25) is 0 Å². The third-order valence-corrected chi connectivity index (χ3v) is 6.74. The van der Waals surface area contributed by atoms with Gasteiger partial charge in [0.1, 0.15) is 18.8 Å². The summed E-state index contributed by atoms with van der Waals surface area (Å²) in [4.78, 5) is 41.9. The topological polar surface area (TPSA) is 183 Å². The highest BCUT2D eigenvalue weighted by molar-refractivity contribution is 7.92. The van der Waals surface area contributed by atoms with Crippen LogP contribution in [-0.4, -0.2) is 50.7 Å². The van der Waals surface area contributed by atoms with Crippen LogP contribution in [0, 0.1) is 13.8 Å². The molecule has 0 aliphatic rings. The second kappa shape index (κ2) is 15.4. The Bertz CT molecular complexity index is 1320. The van der Waals surface area contributed by atoms with E-state index >= 15 is 0 Å². The van der Waals surface area contributed by atoms with E-state index in [2.05, 4.69) is 27.4 Å². The fourth-order valence-electron chi connectivity index (χ4n) is 3.34. The SMILES string of the molecule is CCCCCCOC(=O)N/C(N)=N/OCCNC(=O)Cn1c(C)ccc(NS(=O)(=O)c2cccc(C)c2)c1=O. The fourth-order valence-corrected chi connectivity index (χ4v) is 4.50. The van der Waals surface area contributed by atoms with E-state index in [1.807, 2.05) is 0 Å². The number of nitrogens with one attached hydrogen (secondary N) is 3. The molecule has 0 radical (unpaired) electrons. The maximum atomic E-state index is 12.9. The highest BCUT2D eigenvalue weighted by atomic mass is 32.2. The first-order chi connectivity index (χ1) is 18.5. The highest BCUT2D eigenvalue weighted by Gasteiger charge is 2.18. The molecule has 0 bridgehead atoms. The first-order valence-electron chi connectivity index (χ1n) is 12.5. The van der Waals surface area contributed by atoms with Crippen molar-refractivity contribution < 1.29 is 27.6 Å². The molecule has 0 aliphatic carbocycles. The Balaban J connectivity index is 1.83. The number of benzene rings is 1. The van der Waals surface area contributed by atoms with Gasteiger partial charge in [0.05, 0.1) is 18.0 Å². The molecule has 14 heteroatoms. The van der Waals surface area contributed by atoms with E-state index in [-0.39, 0.29) is 42.8 Å². The molecule has 2 rings (SSSR count). The number of sulfonamides is 1. The molecule has 2 amide bonds. The van der Waals surface area contributed by atoms with Crippen molar-refractivity contribution in [3.05, 3.63) is 58.0 Å². The molecule has 214 valence electrons. The van der Waals surface area contributed by atoms with Gasteiger partial charge in [0.15, 0.2) is 0 Å². The average molecular weight is 565 g/mol. The van der Waals surface area contributed by atoms with Crippen LogP contribution < -0.4 is 26.6 Å². The monoisotopic (exact) mass is 564 g/mol. The quantitative estimate of drug-likeness (QED) is 0.116. The van der Waals surface area contributed by atoms with Gasteiger partial charge in [-0.25, -0.2) is 13.2 Å². The summed E-state index contributed by atoms with van der Waals surface area (Å²) in [6.07, 6.45) is 3.13. The number of aryl methyl sites for hydroxylation is 2. The van der Waals surface area contributed by atoms with Crippen molar-refractivity contribution in [1.29, 1.82) is 0 Å². The second-order valence-electron chi connectivity index (χ2n) is 8.68. The molecule has 39 heavy (non-hydrogen) atoms. The molecule has 0 aliphatic heterocycles. The highest BCUT2D eigenvalue weighted by Crippen LogP contribution is 2.15. The first-order valence-corrected chi connectivity index (χ1v) is 14.0. The molecule has 0 unspecified atom stereocenters. The van der Waals surface area contributed by atoms with Gasteiger partial charge < -0.3 is 25.2 Å². The van der Waals surface area contributed by atoms with Gasteiger partial charge in [0.2, 0.25) is 11.9 Å². The molecule has 1 aromatic heterocycles. The predicted octanol–water partition coefficient (Wildman–Crippen LogP) is 1.93. The third kappa shape index (κ3) is 10.7. The number of amides is 2. The number of nitrogens with two attached hydrogens (primary N) is 1. The number of oxime groups is 1. The van der Waals surface area contributed by atoms with E-state index in [4.69, 9.17) is 15.3 Å². The molecule has 2 aromatic rings. The Kier molecular flexibility index (Phi) is 12.3. The Morgan fingerprint density at radius 3 is 2.56 bits per heavy atom. The number of ether oxygens (including phenoxy) is 1. The largest absolute Gasteiger partial charge is 0.449 e. The van der Waals surface area contributed by atoms with Gasteiger partial charge in [-0.2, -0.15) is 0 Å². The number of guanidine groups is 1. The molecule has 1 heterocycles. The summed E-state index contributed by atoms with van der Waals surface area (Å²) in [5, 5.41) is 8.30. The van der Waals surface area contributed by atoms with Crippen molar-refractivity contribution in [2.45, 2.75) is 57.9 Å². The minimum Gasteiger partial charge on any atom is -0.449 e. The molecular weight excluding hydrogens is 528 g/mol. The van der Waals surface area contributed by atoms with Gasteiger partial charge in [-0.15, -0.1) is 0 Å². The number of hydrogen-bond acceptors (Lipinski definition) is 8. The molecule has 13 nitrogen and oxygen atoms in total. The van der Waals surface area contributed by atoms with E-state index in [0.717, 1.165) is 35.8 Å². The number of carbonyl (C=O) groups is 2. The predicted molar refractivity (Wildman–Crippen MR) is 147 cm³/mol. The summed E-state index contributed by atoms with van der Waals surface area (Å²) in [6.45, 7) is 5.36. The molecular formula is C25H36N6O7S. The van der Waals surface area contributed by atoms with Crippen LogP contribution in [0.5, 0.6) is 0 Å². The number of carbonyl (C=O) groups excluding carboxylic acids is 2. The Labute approximate surface area is 227 Å². The second-order valence-corrected chi connectivity index (χ2v) is 10.4. The van der Waals surface area contributed by atoms with E-state index in [1.54, 1.807) is 26.0 Å². The maximum Gasteiger partial charge on any atom is 0.414 e. The number of hydrogen-bond donors (Lipinski definition) is 4. The van der Waals surface area contributed by atoms with Crippen LogP contribution in [0.1, 0.15) is 43.9 Å². The molecule has 5 N–H and O–H groups in total. The number of rotatable bonds is 14. The Morgan fingerprint density at radius 2 is 1.85 bits per heavy atom. The summed E-state index contributed by atoms with van der Waals surface area (Å²) >= 11 is 0. The van der Waals surface area contributed by atoms with Crippen LogP contribution >= 0.6 is 0 Å². The van der Waals surface area contributed by atoms with Crippen LogP contribution in [0.4, 0.5) is 10.5 Å². The van der Waals surface area contributed by atoms with Gasteiger partial charge >= 0.3 is 6.09 Å². The zero-order chi connectivity index (χ0) is 28.8. The molecule has 0 spiro atoms. The Hall–Kier alpha value is -4.07. The standard InChI is InChI=1S/C25H36N6O7S/c1-4-5-6-7-14-37-25(34)28-24(26)29-38-15-13-27-22(32)17-31-19(3)11-12-21(23(31)33)30-39(35,36)20-10-8-9-18(2)16-20/h8-12,16,30H,4-7,13-15,17H2,1-3H3,(H,27,32)(H3,26,28,29,34). The number of nitrogens with zero attached hydrogens (tertiary/aromatic N) is 2. The zero-order valence-electron chi connectivity index (χ0n) is 22.4. The normalized spacial score (nSPS) is 11.5. The molecule has 0 saturated heterocycles. The van der Waals surface area contributed by atoms with Gasteiger partial charge in [0.25, 0.3) is 15.6 Å². The van der Waals surface area contributed by atoms with Crippen molar-refractivity contribution >= 4 is 33.7 Å². The van der Waals surface area contributed by atoms with E-state index in [9.17, 15) is 22.8 Å². The van der Waals surface area contributed by atoms with Gasteiger partial charge in [-0.1, -0.05) is 38.3 Å². The zero-order valence-corrected chi connectivity index (χ0v) is 23.2. The lowest BCUT2D eigenvalue weighted by Crippen LogP contribution is -2.38.